The Morgan fingerprint density at radius 2 is 1.93 bits per heavy atom. The van der Waals surface area contributed by atoms with Crippen LogP contribution < -0.4 is 20.2 Å². The molecule has 3 aromatic rings. The third kappa shape index (κ3) is 4.12. The van der Waals surface area contributed by atoms with Crippen molar-refractivity contribution in [2.45, 2.75) is 6.92 Å². The number of hydrazone groups is 1. The molecule has 0 radical (unpaired) electrons. The number of H-pyrrole nitrogens is 1. The molecular formula is C20H20N4O4. The lowest BCUT2D eigenvalue weighted by Crippen LogP contribution is -2.17. The number of rotatable bonds is 6. The van der Waals surface area contributed by atoms with Gasteiger partial charge < -0.3 is 19.8 Å². The van der Waals surface area contributed by atoms with Crippen molar-refractivity contribution in [3.63, 3.8) is 0 Å². The van der Waals surface area contributed by atoms with E-state index in [0.717, 1.165) is 10.9 Å². The van der Waals surface area contributed by atoms with Crippen LogP contribution in [0.5, 0.6) is 11.5 Å². The average Bonchev–Trinajstić information content (AvgIpc) is 3.10. The minimum atomic E-state index is -0.393. The second kappa shape index (κ2) is 8.26. The van der Waals surface area contributed by atoms with Crippen LogP contribution in [0.15, 0.2) is 47.6 Å². The smallest absolute Gasteiger partial charge is 0.287 e. The maximum atomic E-state index is 12.4. The second-order valence-electron chi connectivity index (χ2n) is 5.95. The maximum Gasteiger partial charge on any atom is 0.287 e. The molecule has 8 nitrogen and oxygen atoms in total. The highest BCUT2D eigenvalue weighted by Gasteiger charge is 2.10. The first-order chi connectivity index (χ1) is 13.5. The molecule has 0 fully saturated rings. The zero-order valence-electron chi connectivity index (χ0n) is 15.7. The summed E-state index contributed by atoms with van der Waals surface area (Å²) in [6.45, 7) is 1.44. The van der Waals surface area contributed by atoms with E-state index in [4.69, 9.17) is 9.47 Å². The molecule has 144 valence electrons. The van der Waals surface area contributed by atoms with Crippen LogP contribution in [0.1, 0.15) is 23.0 Å². The van der Waals surface area contributed by atoms with Crippen molar-refractivity contribution in [3.05, 3.63) is 53.7 Å². The summed E-state index contributed by atoms with van der Waals surface area (Å²) in [5.74, 6) is 0.549. The number of carbonyl (C=O) groups is 2. The number of fused-ring (bicyclic) bond motifs is 1. The number of aromatic amines is 1. The number of nitrogens with one attached hydrogen (secondary N) is 3. The first-order valence-electron chi connectivity index (χ1n) is 8.46. The summed E-state index contributed by atoms with van der Waals surface area (Å²) < 4.78 is 10.6. The topological polar surface area (TPSA) is 105 Å². The number of hydrogen-bond acceptors (Lipinski definition) is 5. The van der Waals surface area contributed by atoms with Gasteiger partial charge in [-0.25, -0.2) is 5.43 Å². The molecule has 0 aliphatic rings. The summed E-state index contributed by atoms with van der Waals surface area (Å²) in [6.07, 6.45) is 1.48. The van der Waals surface area contributed by atoms with Gasteiger partial charge in [0.2, 0.25) is 5.91 Å². The molecule has 0 bridgehead atoms. The molecule has 0 saturated heterocycles. The fourth-order valence-electron chi connectivity index (χ4n) is 2.77. The molecule has 28 heavy (non-hydrogen) atoms. The number of carbonyl (C=O) groups excluding carboxylic acids is 2. The number of anilines is 1. The van der Waals surface area contributed by atoms with Crippen LogP contribution >= 0.6 is 0 Å². The minimum Gasteiger partial charge on any atom is -0.493 e. The highest BCUT2D eigenvalue weighted by atomic mass is 16.5. The van der Waals surface area contributed by atoms with Gasteiger partial charge in [-0.05, 0) is 36.4 Å². The van der Waals surface area contributed by atoms with Crippen molar-refractivity contribution in [1.29, 1.82) is 0 Å². The fourth-order valence-corrected chi connectivity index (χ4v) is 2.77. The van der Waals surface area contributed by atoms with Crippen LogP contribution in [-0.4, -0.2) is 37.2 Å². The first kappa shape index (κ1) is 19.0. The molecule has 0 aliphatic carbocycles. The molecule has 2 amide bonds. The largest absolute Gasteiger partial charge is 0.493 e. The molecule has 8 heteroatoms. The summed E-state index contributed by atoms with van der Waals surface area (Å²) in [5, 5.41) is 7.50. The monoisotopic (exact) mass is 380 g/mol. The highest BCUT2D eigenvalue weighted by molar-refractivity contribution is 6.00. The molecule has 1 aromatic heterocycles. The molecular weight excluding hydrogens is 360 g/mol. The van der Waals surface area contributed by atoms with E-state index in [0.29, 0.717) is 28.4 Å². The quantitative estimate of drug-likeness (QED) is 0.452. The Labute approximate surface area is 161 Å². The molecule has 0 unspecified atom stereocenters. The zero-order valence-corrected chi connectivity index (χ0v) is 15.7. The lowest BCUT2D eigenvalue weighted by atomic mass is 10.2. The van der Waals surface area contributed by atoms with Crippen molar-refractivity contribution >= 4 is 34.6 Å². The number of benzene rings is 2. The van der Waals surface area contributed by atoms with Crippen molar-refractivity contribution in [3.8, 4) is 11.5 Å². The van der Waals surface area contributed by atoms with E-state index < -0.39 is 5.91 Å². The summed E-state index contributed by atoms with van der Waals surface area (Å²) >= 11 is 0. The number of aromatic nitrogens is 1. The number of methoxy groups -OCH3 is 2. The van der Waals surface area contributed by atoms with Crippen LogP contribution in [0.25, 0.3) is 10.9 Å². The number of hydrogen-bond donors (Lipinski definition) is 3. The van der Waals surface area contributed by atoms with Crippen LogP contribution in [0, 0.1) is 0 Å². The first-order valence-corrected chi connectivity index (χ1v) is 8.46. The lowest BCUT2D eigenvalue weighted by molar-refractivity contribution is -0.114. The van der Waals surface area contributed by atoms with Gasteiger partial charge in [-0.1, -0.05) is 6.07 Å². The van der Waals surface area contributed by atoms with Crippen molar-refractivity contribution in [1.82, 2.24) is 10.4 Å². The van der Waals surface area contributed by atoms with Gasteiger partial charge >= 0.3 is 0 Å². The summed E-state index contributed by atoms with van der Waals surface area (Å²) in [6, 6.07) is 12.4. The zero-order chi connectivity index (χ0) is 20.1. The summed E-state index contributed by atoms with van der Waals surface area (Å²) in [7, 11) is 3.08. The standard InChI is InChI=1S/C20H20N4O4/c1-12(25)22-15-7-8-16-14(9-15)10-17(23-16)20(26)24-21-11-13-5-4-6-18(27-2)19(13)28-3/h4-11,23H,1-3H3,(H,22,25)(H,24,26). The van der Waals surface area contributed by atoms with Gasteiger partial charge in [-0.15, -0.1) is 0 Å². The maximum absolute atomic E-state index is 12.4. The predicted molar refractivity (Wildman–Crippen MR) is 107 cm³/mol. The van der Waals surface area contributed by atoms with Crippen LogP contribution in [0.4, 0.5) is 5.69 Å². The van der Waals surface area contributed by atoms with E-state index in [-0.39, 0.29) is 5.91 Å². The molecule has 3 N–H and O–H groups in total. The second-order valence-corrected chi connectivity index (χ2v) is 5.95. The lowest BCUT2D eigenvalue weighted by Gasteiger charge is -2.09. The van der Waals surface area contributed by atoms with Gasteiger partial charge in [0.05, 0.1) is 20.4 Å². The van der Waals surface area contributed by atoms with Crippen molar-refractivity contribution in [2.24, 2.45) is 5.10 Å². The van der Waals surface area contributed by atoms with E-state index in [1.807, 2.05) is 0 Å². The van der Waals surface area contributed by atoms with Crippen LogP contribution in [-0.2, 0) is 4.79 Å². The molecule has 2 aromatic carbocycles. The van der Waals surface area contributed by atoms with Crippen molar-refractivity contribution in [2.75, 3.05) is 19.5 Å². The van der Waals surface area contributed by atoms with Crippen LogP contribution in [0.3, 0.4) is 0 Å². The molecule has 0 atom stereocenters. The molecule has 1 heterocycles. The van der Waals surface area contributed by atoms with E-state index in [9.17, 15) is 9.59 Å². The van der Waals surface area contributed by atoms with Gasteiger partial charge in [0.15, 0.2) is 11.5 Å². The number of amides is 2. The van der Waals surface area contributed by atoms with Gasteiger partial charge in [0, 0.05) is 29.1 Å². The SMILES string of the molecule is COc1cccc(C=NNC(=O)c2cc3cc(NC(C)=O)ccc3[nH]2)c1OC. The van der Waals surface area contributed by atoms with Gasteiger partial charge in [-0.3, -0.25) is 9.59 Å². The van der Waals surface area contributed by atoms with E-state index >= 15 is 0 Å². The number of ether oxygens (including phenoxy) is 2. The predicted octanol–water partition coefficient (Wildman–Crippen LogP) is 2.91. The van der Waals surface area contributed by atoms with Gasteiger partial charge in [-0.2, -0.15) is 5.10 Å². The normalized spacial score (nSPS) is 10.8. The third-order valence-corrected chi connectivity index (χ3v) is 3.99. The number of para-hydroxylation sites is 1. The Morgan fingerprint density at radius 1 is 1.11 bits per heavy atom. The average molecular weight is 380 g/mol. The third-order valence-electron chi connectivity index (χ3n) is 3.99. The summed E-state index contributed by atoms with van der Waals surface area (Å²) in [5.41, 5.74) is 4.93. The fraction of sp³-hybridized carbons (Fsp3) is 0.150. The Morgan fingerprint density at radius 3 is 2.64 bits per heavy atom. The van der Waals surface area contributed by atoms with Gasteiger partial charge in [0.25, 0.3) is 5.91 Å². The van der Waals surface area contributed by atoms with Crippen LogP contribution in [0.2, 0.25) is 0 Å². The Balaban J connectivity index is 1.74. The van der Waals surface area contributed by atoms with E-state index in [1.165, 1.54) is 20.2 Å². The Kier molecular flexibility index (Phi) is 5.59. The highest BCUT2D eigenvalue weighted by Crippen LogP contribution is 2.29. The minimum absolute atomic E-state index is 0.157. The summed E-state index contributed by atoms with van der Waals surface area (Å²) in [4.78, 5) is 26.6. The van der Waals surface area contributed by atoms with E-state index in [1.54, 1.807) is 49.6 Å². The molecule has 3 rings (SSSR count). The molecule has 0 saturated carbocycles. The molecule has 0 spiro atoms. The van der Waals surface area contributed by atoms with Gasteiger partial charge in [0.1, 0.15) is 5.69 Å². The molecule has 0 aliphatic heterocycles. The Hall–Kier alpha value is -3.81. The number of nitrogens with zero attached hydrogens (tertiary/aromatic N) is 1. The van der Waals surface area contributed by atoms with E-state index in [2.05, 4.69) is 20.8 Å². The van der Waals surface area contributed by atoms with Crippen molar-refractivity contribution < 1.29 is 19.1 Å². The Bertz CT molecular complexity index is 1060.